The van der Waals surface area contributed by atoms with E-state index in [9.17, 15) is 8.78 Å². The maximum atomic E-state index is 12.8. The van der Waals surface area contributed by atoms with E-state index in [1.54, 1.807) is 24.3 Å². The van der Waals surface area contributed by atoms with E-state index in [2.05, 4.69) is 10.3 Å². The van der Waals surface area contributed by atoms with Crippen LogP contribution >= 0.6 is 0 Å². The Bertz CT molecular complexity index is 483. The minimum absolute atomic E-state index is 0.242. The molecule has 1 N–H and O–H groups in total. The zero-order valence-corrected chi connectivity index (χ0v) is 9.16. The van der Waals surface area contributed by atoms with Gasteiger partial charge in [-0.3, -0.25) is 0 Å². The predicted molar refractivity (Wildman–Crippen MR) is 62.8 cm³/mol. The summed E-state index contributed by atoms with van der Waals surface area (Å²) >= 11 is 0. The first-order valence-electron chi connectivity index (χ1n) is 5.35. The average molecular weight is 234 g/mol. The molecule has 2 rings (SSSR count). The molecule has 0 fully saturated rings. The summed E-state index contributed by atoms with van der Waals surface area (Å²) in [5.41, 5.74) is 1.02. The van der Waals surface area contributed by atoms with Gasteiger partial charge in [0.2, 0.25) is 5.95 Å². The molecule has 0 saturated carbocycles. The third kappa shape index (κ3) is 3.52. The van der Waals surface area contributed by atoms with E-state index in [-0.39, 0.29) is 5.82 Å². The maximum absolute atomic E-state index is 12.8. The summed E-state index contributed by atoms with van der Waals surface area (Å²) in [6.07, 6.45) is 0.735. The smallest absolute Gasteiger partial charge is 0.214 e. The van der Waals surface area contributed by atoms with Crippen LogP contribution in [0.2, 0.25) is 0 Å². The summed E-state index contributed by atoms with van der Waals surface area (Å²) in [6.45, 7) is 0.627. The van der Waals surface area contributed by atoms with Gasteiger partial charge in [0.15, 0.2) is 0 Å². The van der Waals surface area contributed by atoms with Gasteiger partial charge in [-0.2, -0.15) is 4.39 Å². The normalized spacial score (nSPS) is 10.2. The largest absolute Gasteiger partial charge is 0.370 e. The minimum atomic E-state index is -0.503. The second kappa shape index (κ2) is 5.39. The summed E-state index contributed by atoms with van der Waals surface area (Å²) in [5.74, 6) is -0.239. The van der Waals surface area contributed by atoms with Gasteiger partial charge >= 0.3 is 0 Å². The van der Waals surface area contributed by atoms with Gasteiger partial charge in [0.1, 0.15) is 11.6 Å². The molecule has 1 heterocycles. The number of nitrogens with zero attached hydrogens (tertiary/aromatic N) is 1. The molecule has 0 amide bonds. The topological polar surface area (TPSA) is 24.9 Å². The molecule has 0 unspecified atom stereocenters. The lowest BCUT2D eigenvalue weighted by Crippen LogP contribution is -2.06. The van der Waals surface area contributed by atoms with Crippen LogP contribution in [0.25, 0.3) is 0 Å². The Morgan fingerprint density at radius 2 is 1.76 bits per heavy atom. The van der Waals surface area contributed by atoms with Gasteiger partial charge in [-0.1, -0.05) is 18.2 Å². The number of anilines is 1. The van der Waals surface area contributed by atoms with Gasteiger partial charge in [-0.05, 0) is 36.2 Å². The first kappa shape index (κ1) is 11.5. The van der Waals surface area contributed by atoms with Crippen molar-refractivity contribution in [2.45, 2.75) is 6.42 Å². The van der Waals surface area contributed by atoms with Crippen LogP contribution < -0.4 is 5.32 Å². The Balaban J connectivity index is 1.85. The lowest BCUT2D eigenvalue weighted by molar-refractivity contribution is 0.585. The molecule has 1 aromatic heterocycles. The summed E-state index contributed by atoms with van der Waals surface area (Å²) in [4.78, 5) is 3.68. The quantitative estimate of drug-likeness (QED) is 0.822. The minimum Gasteiger partial charge on any atom is -0.370 e. The van der Waals surface area contributed by atoms with Crippen molar-refractivity contribution in [2.24, 2.45) is 0 Å². The summed E-state index contributed by atoms with van der Waals surface area (Å²) in [7, 11) is 0. The molecule has 0 aliphatic rings. The van der Waals surface area contributed by atoms with Gasteiger partial charge in [0, 0.05) is 6.54 Å². The van der Waals surface area contributed by atoms with Crippen LogP contribution in [0.5, 0.6) is 0 Å². The number of hydrogen-bond donors (Lipinski definition) is 1. The van der Waals surface area contributed by atoms with Crippen LogP contribution in [0, 0.1) is 11.8 Å². The zero-order valence-electron chi connectivity index (χ0n) is 9.16. The van der Waals surface area contributed by atoms with E-state index in [0.29, 0.717) is 12.4 Å². The lowest BCUT2D eigenvalue weighted by atomic mass is 10.1. The Kier molecular flexibility index (Phi) is 3.65. The fraction of sp³-hybridized carbons (Fsp3) is 0.154. The number of hydrogen-bond acceptors (Lipinski definition) is 2. The highest BCUT2D eigenvalue weighted by Gasteiger charge is 1.97. The van der Waals surface area contributed by atoms with E-state index in [1.165, 1.54) is 18.2 Å². The number of nitrogens with one attached hydrogen (secondary N) is 1. The van der Waals surface area contributed by atoms with Crippen molar-refractivity contribution in [1.82, 2.24) is 4.98 Å². The van der Waals surface area contributed by atoms with Gasteiger partial charge in [-0.15, -0.1) is 0 Å². The Hall–Kier alpha value is -1.97. The monoisotopic (exact) mass is 234 g/mol. The molecule has 2 nitrogen and oxygen atoms in total. The molecule has 1 aromatic carbocycles. The van der Waals surface area contributed by atoms with Crippen molar-refractivity contribution in [1.29, 1.82) is 0 Å². The van der Waals surface area contributed by atoms with Crippen LogP contribution in [0.3, 0.4) is 0 Å². The molecule has 0 aliphatic heterocycles. The van der Waals surface area contributed by atoms with Gasteiger partial charge in [-0.25, -0.2) is 9.37 Å². The van der Waals surface area contributed by atoms with E-state index in [0.717, 1.165) is 12.0 Å². The fourth-order valence-electron chi connectivity index (χ4n) is 1.49. The number of pyridine rings is 1. The lowest BCUT2D eigenvalue weighted by Gasteiger charge is -2.05. The summed E-state index contributed by atoms with van der Waals surface area (Å²) in [6, 6.07) is 10.9. The molecule has 17 heavy (non-hydrogen) atoms. The van der Waals surface area contributed by atoms with Crippen LogP contribution in [0.15, 0.2) is 42.5 Å². The standard InChI is InChI=1S/C13H12F2N2/c14-11-6-4-10(5-7-11)8-9-16-13-3-1-2-12(15)17-13/h1-7H,8-9H2,(H,16,17). The van der Waals surface area contributed by atoms with E-state index >= 15 is 0 Å². The maximum Gasteiger partial charge on any atom is 0.214 e. The number of halogens is 2. The molecule has 0 radical (unpaired) electrons. The third-order valence-corrected chi connectivity index (χ3v) is 2.35. The Labute approximate surface area is 98.3 Å². The van der Waals surface area contributed by atoms with E-state index < -0.39 is 5.95 Å². The van der Waals surface area contributed by atoms with Crippen molar-refractivity contribution in [3.63, 3.8) is 0 Å². The first-order valence-corrected chi connectivity index (χ1v) is 5.35. The molecule has 4 heteroatoms. The van der Waals surface area contributed by atoms with Crippen LogP contribution in [-0.2, 0) is 6.42 Å². The van der Waals surface area contributed by atoms with Gasteiger partial charge < -0.3 is 5.32 Å². The molecule has 0 saturated heterocycles. The average Bonchev–Trinajstić information content (AvgIpc) is 2.32. The highest BCUT2D eigenvalue weighted by atomic mass is 19.1. The first-order chi connectivity index (χ1) is 8.24. The van der Waals surface area contributed by atoms with Gasteiger partial charge in [0.25, 0.3) is 0 Å². The second-order valence-corrected chi connectivity index (χ2v) is 3.65. The van der Waals surface area contributed by atoms with Crippen LogP contribution in [-0.4, -0.2) is 11.5 Å². The molecule has 0 aliphatic carbocycles. The molecule has 2 aromatic rings. The number of benzene rings is 1. The predicted octanol–water partition coefficient (Wildman–Crippen LogP) is 3.01. The zero-order chi connectivity index (χ0) is 12.1. The molecule has 88 valence electrons. The van der Waals surface area contributed by atoms with E-state index in [4.69, 9.17) is 0 Å². The van der Waals surface area contributed by atoms with Crippen molar-refractivity contribution in [2.75, 3.05) is 11.9 Å². The second-order valence-electron chi connectivity index (χ2n) is 3.65. The third-order valence-electron chi connectivity index (χ3n) is 2.35. The summed E-state index contributed by atoms with van der Waals surface area (Å²) < 4.78 is 25.4. The molecule has 0 atom stereocenters. The van der Waals surface area contributed by atoms with Crippen molar-refractivity contribution in [3.05, 3.63) is 59.8 Å². The van der Waals surface area contributed by atoms with Crippen molar-refractivity contribution in [3.8, 4) is 0 Å². The van der Waals surface area contributed by atoms with Crippen LogP contribution in [0.1, 0.15) is 5.56 Å². The van der Waals surface area contributed by atoms with Crippen molar-refractivity contribution >= 4 is 5.82 Å². The molecule has 0 spiro atoms. The summed E-state index contributed by atoms with van der Waals surface area (Å²) in [5, 5.41) is 3.00. The SMILES string of the molecule is Fc1ccc(CCNc2cccc(F)n2)cc1. The number of rotatable bonds is 4. The Morgan fingerprint density at radius 1 is 1.00 bits per heavy atom. The molecular formula is C13H12F2N2. The number of aromatic nitrogens is 1. The highest BCUT2D eigenvalue weighted by Crippen LogP contribution is 2.06. The molecule has 0 bridgehead atoms. The van der Waals surface area contributed by atoms with E-state index in [1.807, 2.05) is 0 Å². The van der Waals surface area contributed by atoms with Crippen LogP contribution in [0.4, 0.5) is 14.6 Å². The van der Waals surface area contributed by atoms with Gasteiger partial charge in [0.05, 0.1) is 0 Å². The van der Waals surface area contributed by atoms with Crippen molar-refractivity contribution < 1.29 is 8.78 Å². The highest BCUT2D eigenvalue weighted by molar-refractivity contribution is 5.33. The fourth-order valence-corrected chi connectivity index (χ4v) is 1.49. The Morgan fingerprint density at radius 3 is 2.47 bits per heavy atom. The molecular weight excluding hydrogens is 222 g/mol.